The minimum absolute atomic E-state index is 0.188. The Labute approximate surface area is 89.7 Å². The van der Waals surface area contributed by atoms with E-state index >= 15 is 0 Å². The van der Waals surface area contributed by atoms with Gasteiger partial charge in [-0.2, -0.15) is 0 Å². The number of terminal acetylenes is 1. The minimum Gasteiger partial charge on any atom is -0.325 e. The number of benzene rings is 1. The molecule has 1 atom stereocenters. The maximum absolute atomic E-state index is 11.5. The molecule has 3 N–H and O–H groups in total. The van der Waals surface area contributed by atoms with Crippen molar-refractivity contribution in [2.45, 2.75) is 19.4 Å². The van der Waals surface area contributed by atoms with Crippen molar-refractivity contribution in [1.29, 1.82) is 0 Å². The molecule has 0 aliphatic heterocycles. The predicted octanol–water partition coefficient (Wildman–Crippen LogP) is 1.34. The topological polar surface area (TPSA) is 55.1 Å². The third-order valence-electron chi connectivity index (χ3n) is 2.07. The summed E-state index contributed by atoms with van der Waals surface area (Å²) in [5.74, 6) is 2.31. The number of rotatable bonds is 3. The second-order valence-corrected chi connectivity index (χ2v) is 3.23. The Bertz CT molecular complexity index is 393. The molecule has 0 saturated heterocycles. The number of hydrogen-bond acceptors (Lipinski definition) is 2. The predicted molar refractivity (Wildman–Crippen MR) is 61.3 cm³/mol. The highest BCUT2D eigenvalue weighted by molar-refractivity contribution is 5.94. The molecule has 15 heavy (non-hydrogen) atoms. The molecule has 0 aromatic heterocycles. The van der Waals surface area contributed by atoms with Gasteiger partial charge in [-0.25, -0.2) is 0 Å². The van der Waals surface area contributed by atoms with E-state index in [9.17, 15) is 4.79 Å². The maximum atomic E-state index is 11.5. The Kier molecular flexibility index (Phi) is 3.90. The molecule has 0 aliphatic rings. The number of carbonyl (C=O) groups is 1. The van der Waals surface area contributed by atoms with E-state index in [2.05, 4.69) is 11.2 Å². The Morgan fingerprint density at radius 1 is 1.67 bits per heavy atom. The lowest BCUT2D eigenvalue weighted by molar-refractivity contribution is -0.117. The zero-order valence-electron chi connectivity index (χ0n) is 8.66. The van der Waals surface area contributed by atoms with E-state index in [-0.39, 0.29) is 5.91 Å². The van der Waals surface area contributed by atoms with Gasteiger partial charge in [-0.15, -0.1) is 6.42 Å². The van der Waals surface area contributed by atoms with Gasteiger partial charge in [-0.3, -0.25) is 4.79 Å². The van der Waals surface area contributed by atoms with Gasteiger partial charge in [0, 0.05) is 11.3 Å². The third-order valence-corrected chi connectivity index (χ3v) is 2.07. The molecule has 0 fully saturated rings. The van der Waals surface area contributed by atoms with E-state index < -0.39 is 6.04 Å². The summed E-state index contributed by atoms with van der Waals surface area (Å²) in [5, 5.41) is 2.71. The average molecular weight is 202 g/mol. The third kappa shape index (κ3) is 3.12. The summed E-state index contributed by atoms with van der Waals surface area (Å²) < 4.78 is 0. The molecule has 1 aromatic carbocycles. The quantitative estimate of drug-likeness (QED) is 0.727. The van der Waals surface area contributed by atoms with E-state index in [1.54, 1.807) is 24.3 Å². The summed E-state index contributed by atoms with van der Waals surface area (Å²) in [7, 11) is 0. The van der Waals surface area contributed by atoms with E-state index in [1.807, 2.05) is 6.92 Å². The summed E-state index contributed by atoms with van der Waals surface area (Å²) in [4.78, 5) is 11.5. The summed E-state index contributed by atoms with van der Waals surface area (Å²) in [6.45, 7) is 1.86. The number of carbonyl (C=O) groups excluding carboxylic acids is 1. The van der Waals surface area contributed by atoms with Crippen molar-refractivity contribution in [2.75, 3.05) is 5.32 Å². The second kappa shape index (κ2) is 5.18. The van der Waals surface area contributed by atoms with E-state index in [0.29, 0.717) is 12.1 Å². The van der Waals surface area contributed by atoms with Crippen LogP contribution >= 0.6 is 0 Å². The van der Waals surface area contributed by atoms with Crippen molar-refractivity contribution < 1.29 is 4.79 Å². The van der Waals surface area contributed by atoms with Crippen molar-refractivity contribution >= 4 is 11.6 Å². The molecule has 0 spiro atoms. The fourth-order valence-electron chi connectivity index (χ4n) is 1.11. The molecule has 78 valence electrons. The lowest BCUT2D eigenvalue weighted by atomic mass is 10.2. The summed E-state index contributed by atoms with van der Waals surface area (Å²) in [6, 6.07) is 6.64. The molecule has 0 radical (unpaired) electrons. The summed E-state index contributed by atoms with van der Waals surface area (Å²) >= 11 is 0. The van der Waals surface area contributed by atoms with Crippen molar-refractivity contribution in [3.63, 3.8) is 0 Å². The fraction of sp³-hybridized carbons (Fsp3) is 0.250. The highest BCUT2D eigenvalue weighted by atomic mass is 16.2. The lowest BCUT2D eigenvalue weighted by Gasteiger charge is -2.09. The van der Waals surface area contributed by atoms with Gasteiger partial charge in [0.05, 0.1) is 6.04 Å². The number of amides is 1. The molecular formula is C12H14N2O. The van der Waals surface area contributed by atoms with Crippen LogP contribution in [0, 0.1) is 12.3 Å². The zero-order valence-corrected chi connectivity index (χ0v) is 8.66. The van der Waals surface area contributed by atoms with Gasteiger partial charge in [-0.1, -0.05) is 18.9 Å². The first-order chi connectivity index (χ1) is 7.17. The Morgan fingerprint density at radius 3 is 3.00 bits per heavy atom. The van der Waals surface area contributed by atoms with Crippen LogP contribution in [0.2, 0.25) is 0 Å². The van der Waals surface area contributed by atoms with Crippen LogP contribution in [-0.2, 0) is 4.79 Å². The van der Waals surface area contributed by atoms with Crippen molar-refractivity contribution in [3.05, 3.63) is 29.8 Å². The Hall–Kier alpha value is -1.79. The van der Waals surface area contributed by atoms with Crippen molar-refractivity contribution in [2.24, 2.45) is 5.73 Å². The standard InChI is InChI=1S/C12H14N2O/c1-3-9-6-5-7-10(8-9)14-12(15)11(13)4-2/h1,5-8,11H,4,13H2,2H3,(H,14,15). The van der Waals surface area contributed by atoms with Gasteiger partial charge in [0.2, 0.25) is 5.91 Å². The van der Waals surface area contributed by atoms with Gasteiger partial charge in [-0.05, 0) is 24.6 Å². The molecule has 0 heterocycles. The van der Waals surface area contributed by atoms with Crippen LogP contribution in [0.4, 0.5) is 5.69 Å². The first-order valence-electron chi connectivity index (χ1n) is 4.80. The van der Waals surface area contributed by atoms with E-state index in [1.165, 1.54) is 0 Å². The molecular weight excluding hydrogens is 188 g/mol. The molecule has 1 rings (SSSR count). The monoisotopic (exact) mass is 202 g/mol. The van der Waals surface area contributed by atoms with Gasteiger partial charge >= 0.3 is 0 Å². The number of hydrogen-bond donors (Lipinski definition) is 2. The summed E-state index contributed by atoms with van der Waals surface area (Å²) in [5.41, 5.74) is 7.00. The lowest BCUT2D eigenvalue weighted by Crippen LogP contribution is -2.34. The number of nitrogens with two attached hydrogens (primary N) is 1. The molecule has 3 heteroatoms. The van der Waals surface area contributed by atoms with Gasteiger partial charge in [0.15, 0.2) is 0 Å². The number of nitrogens with one attached hydrogen (secondary N) is 1. The highest BCUT2D eigenvalue weighted by Gasteiger charge is 2.10. The first-order valence-corrected chi connectivity index (χ1v) is 4.80. The number of anilines is 1. The highest BCUT2D eigenvalue weighted by Crippen LogP contribution is 2.10. The first kappa shape index (κ1) is 11.3. The smallest absolute Gasteiger partial charge is 0.241 e. The van der Waals surface area contributed by atoms with Gasteiger partial charge in [0.25, 0.3) is 0 Å². The maximum Gasteiger partial charge on any atom is 0.241 e. The largest absolute Gasteiger partial charge is 0.325 e. The van der Waals surface area contributed by atoms with Crippen LogP contribution in [0.3, 0.4) is 0 Å². The normalized spacial score (nSPS) is 11.5. The van der Waals surface area contributed by atoms with Crippen LogP contribution in [-0.4, -0.2) is 11.9 Å². The SMILES string of the molecule is C#Cc1cccc(NC(=O)C(N)CC)c1. The fourth-order valence-corrected chi connectivity index (χ4v) is 1.11. The van der Waals surface area contributed by atoms with E-state index in [4.69, 9.17) is 12.2 Å². The Balaban J connectivity index is 2.73. The van der Waals surface area contributed by atoms with Gasteiger partial charge < -0.3 is 11.1 Å². The average Bonchev–Trinajstić information content (AvgIpc) is 2.28. The second-order valence-electron chi connectivity index (χ2n) is 3.23. The van der Waals surface area contributed by atoms with Crippen LogP contribution in [0.15, 0.2) is 24.3 Å². The molecule has 3 nitrogen and oxygen atoms in total. The van der Waals surface area contributed by atoms with E-state index in [0.717, 1.165) is 5.56 Å². The molecule has 0 bridgehead atoms. The summed E-state index contributed by atoms with van der Waals surface area (Å²) in [6.07, 6.45) is 5.86. The van der Waals surface area contributed by atoms with Crippen LogP contribution in [0.1, 0.15) is 18.9 Å². The van der Waals surface area contributed by atoms with Crippen molar-refractivity contribution in [1.82, 2.24) is 0 Å². The Morgan fingerprint density at radius 2 is 2.40 bits per heavy atom. The molecule has 0 saturated carbocycles. The van der Waals surface area contributed by atoms with Gasteiger partial charge in [0.1, 0.15) is 0 Å². The van der Waals surface area contributed by atoms with Crippen LogP contribution < -0.4 is 11.1 Å². The molecule has 1 amide bonds. The van der Waals surface area contributed by atoms with Crippen LogP contribution in [0.25, 0.3) is 0 Å². The molecule has 1 aromatic rings. The van der Waals surface area contributed by atoms with Crippen LogP contribution in [0.5, 0.6) is 0 Å². The zero-order chi connectivity index (χ0) is 11.3. The minimum atomic E-state index is -0.473. The molecule has 1 unspecified atom stereocenters. The van der Waals surface area contributed by atoms with Crippen molar-refractivity contribution in [3.8, 4) is 12.3 Å². The molecule has 0 aliphatic carbocycles.